The van der Waals surface area contributed by atoms with Crippen molar-refractivity contribution < 1.29 is 0 Å². The Labute approximate surface area is 87.0 Å². The quantitative estimate of drug-likeness (QED) is 0.711. The minimum absolute atomic E-state index is 0.625. The van der Waals surface area contributed by atoms with E-state index in [1.54, 1.807) is 11.3 Å². The molecule has 0 saturated heterocycles. The Kier molecular flexibility index (Phi) is 7.01. The Balaban J connectivity index is 0.000000223. The number of hydrogen-bond donors (Lipinski definition) is 1. The Morgan fingerprint density at radius 2 is 1.77 bits per heavy atom. The van der Waals surface area contributed by atoms with Crippen LogP contribution in [0.2, 0.25) is 0 Å². The molecule has 0 bridgehead atoms. The highest BCUT2D eigenvalue weighted by Gasteiger charge is 1.92. The van der Waals surface area contributed by atoms with Gasteiger partial charge < -0.3 is 5.32 Å². The minimum Gasteiger partial charge on any atom is -0.312 e. The summed E-state index contributed by atoms with van der Waals surface area (Å²) in [5.74, 6) is 0. The second-order valence-electron chi connectivity index (χ2n) is 3.53. The van der Waals surface area contributed by atoms with E-state index in [0.29, 0.717) is 12.1 Å². The molecule has 13 heavy (non-hydrogen) atoms. The van der Waals surface area contributed by atoms with Gasteiger partial charge in [0.1, 0.15) is 7.85 Å². The van der Waals surface area contributed by atoms with E-state index >= 15 is 0 Å². The number of thiophene rings is 1. The first-order valence-corrected chi connectivity index (χ1v) is 5.50. The highest BCUT2D eigenvalue weighted by atomic mass is 32.1. The van der Waals surface area contributed by atoms with Crippen LogP contribution in [-0.2, 0) is 0 Å². The van der Waals surface area contributed by atoms with Gasteiger partial charge >= 0.3 is 0 Å². The first-order valence-electron chi connectivity index (χ1n) is 4.56. The van der Waals surface area contributed by atoms with Gasteiger partial charge in [0.05, 0.1) is 0 Å². The summed E-state index contributed by atoms with van der Waals surface area (Å²) >= 11 is 1.61. The van der Waals surface area contributed by atoms with Gasteiger partial charge in [-0.3, -0.25) is 0 Å². The summed E-state index contributed by atoms with van der Waals surface area (Å²) in [6.45, 7) is 8.61. The molecule has 0 aliphatic rings. The normalized spacial score (nSPS) is 10.0. The van der Waals surface area contributed by atoms with Gasteiger partial charge in [0.25, 0.3) is 0 Å². The van der Waals surface area contributed by atoms with Gasteiger partial charge in [-0.1, -0.05) is 39.2 Å². The molecule has 0 atom stereocenters. The van der Waals surface area contributed by atoms with Crippen LogP contribution in [0.3, 0.4) is 0 Å². The molecule has 1 N–H and O–H groups in total. The van der Waals surface area contributed by atoms with E-state index in [9.17, 15) is 0 Å². The van der Waals surface area contributed by atoms with E-state index in [4.69, 9.17) is 7.85 Å². The summed E-state index contributed by atoms with van der Waals surface area (Å²) in [6.07, 6.45) is 0. The fraction of sp³-hybridized carbons (Fsp3) is 0.600. The largest absolute Gasteiger partial charge is 0.312 e. The van der Waals surface area contributed by atoms with Crippen molar-refractivity contribution in [2.45, 2.75) is 39.8 Å². The second kappa shape index (κ2) is 7.16. The predicted octanol–water partition coefficient (Wildman–Crippen LogP) is 1.93. The lowest BCUT2D eigenvalue weighted by Gasteiger charge is -2.10. The Morgan fingerprint density at radius 3 is 1.85 bits per heavy atom. The Morgan fingerprint density at radius 1 is 1.23 bits per heavy atom. The van der Waals surface area contributed by atoms with Gasteiger partial charge in [-0.05, 0) is 10.8 Å². The molecule has 1 nitrogen and oxygen atoms in total. The average Bonchev–Trinajstić information content (AvgIpc) is 2.37. The zero-order valence-corrected chi connectivity index (χ0v) is 9.69. The van der Waals surface area contributed by atoms with Crippen molar-refractivity contribution in [3.63, 3.8) is 0 Å². The van der Waals surface area contributed by atoms with Crippen LogP contribution in [0, 0.1) is 0 Å². The Bertz CT molecular complexity index is 189. The van der Waals surface area contributed by atoms with Crippen molar-refractivity contribution >= 4 is 24.6 Å². The summed E-state index contributed by atoms with van der Waals surface area (Å²) in [5.41, 5.74) is 0.861. The predicted molar refractivity (Wildman–Crippen MR) is 63.1 cm³/mol. The highest BCUT2D eigenvalue weighted by Crippen LogP contribution is 1.88. The molecule has 0 aliphatic heterocycles. The van der Waals surface area contributed by atoms with E-state index < -0.39 is 0 Å². The zero-order valence-electron chi connectivity index (χ0n) is 8.87. The van der Waals surface area contributed by atoms with Crippen LogP contribution in [0.15, 0.2) is 16.8 Å². The zero-order chi connectivity index (χ0) is 10.3. The van der Waals surface area contributed by atoms with Crippen LogP contribution in [0.4, 0.5) is 0 Å². The van der Waals surface area contributed by atoms with E-state index in [-0.39, 0.29) is 0 Å². The van der Waals surface area contributed by atoms with Crippen molar-refractivity contribution in [2.24, 2.45) is 0 Å². The Hall–Kier alpha value is -0.275. The maximum Gasteiger partial charge on any atom is 0.114 e. The fourth-order valence-electron chi connectivity index (χ4n) is 0.942. The molecule has 72 valence electrons. The van der Waals surface area contributed by atoms with Crippen LogP contribution in [0.1, 0.15) is 27.7 Å². The van der Waals surface area contributed by atoms with Crippen LogP contribution < -0.4 is 10.8 Å². The monoisotopic (exact) mass is 195 g/mol. The van der Waals surface area contributed by atoms with Gasteiger partial charge in [0.2, 0.25) is 0 Å². The van der Waals surface area contributed by atoms with Crippen molar-refractivity contribution in [3.8, 4) is 0 Å². The SMILES string of the molecule is CC(C)NC(C)C.[B]c1ccsc1. The molecule has 0 fully saturated rings. The van der Waals surface area contributed by atoms with E-state index in [2.05, 4.69) is 33.0 Å². The molecular weight excluding hydrogens is 177 g/mol. The van der Waals surface area contributed by atoms with E-state index in [1.807, 2.05) is 16.8 Å². The molecule has 0 spiro atoms. The van der Waals surface area contributed by atoms with Gasteiger partial charge in [-0.25, -0.2) is 0 Å². The third-order valence-electron chi connectivity index (χ3n) is 1.21. The summed E-state index contributed by atoms with van der Waals surface area (Å²) in [5, 5.41) is 7.16. The van der Waals surface area contributed by atoms with Gasteiger partial charge in [0.15, 0.2) is 0 Å². The molecule has 1 aromatic rings. The molecule has 1 heterocycles. The van der Waals surface area contributed by atoms with Crippen LogP contribution in [0.25, 0.3) is 0 Å². The first kappa shape index (κ1) is 12.7. The molecular formula is C10H18BNS. The van der Waals surface area contributed by atoms with Gasteiger partial charge in [-0.15, -0.1) is 0 Å². The van der Waals surface area contributed by atoms with Gasteiger partial charge in [-0.2, -0.15) is 11.3 Å². The molecule has 0 aromatic carbocycles. The molecule has 1 aromatic heterocycles. The molecule has 3 heteroatoms. The summed E-state index contributed by atoms with van der Waals surface area (Å²) < 4.78 is 0. The lowest BCUT2D eigenvalue weighted by atomic mass is 10.0. The molecule has 0 aliphatic carbocycles. The van der Waals surface area contributed by atoms with E-state index in [1.165, 1.54) is 0 Å². The average molecular weight is 195 g/mol. The van der Waals surface area contributed by atoms with Crippen molar-refractivity contribution in [1.29, 1.82) is 0 Å². The summed E-state index contributed by atoms with van der Waals surface area (Å²) in [6, 6.07) is 3.13. The second-order valence-corrected chi connectivity index (χ2v) is 4.31. The third kappa shape index (κ3) is 9.64. The van der Waals surface area contributed by atoms with Crippen molar-refractivity contribution in [3.05, 3.63) is 16.8 Å². The number of hydrogen-bond acceptors (Lipinski definition) is 2. The van der Waals surface area contributed by atoms with Crippen LogP contribution in [0.5, 0.6) is 0 Å². The maximum absolute atomic E-state index is 5.29. The maximum atomic E-state index is 5.29. The highest BCUT2D eigenvalue weighted by molar-refractivity contribution is 7.08. The summed E-state index contributed by atoms with van der Waals surface area (Å²) in [7, 11) is 5.29. The van der Waals surface area contributed by atoms with Crippen LogP contribution in [-0.4, -0.2) is 19.9 Å². The van der Waals surface area contributed by atoms with Crippen molar-refractivity contribution in [1.82, 2.24) is 5.32 Å². The molecule has 1 rings (SSSR count). The topological polar surface area (TPSA) is 12.0 Å². The first-order chi connectivity index (χ1) is 6.02. The molecule has 0 unspecified atom stereocenters. The molecule has 2 radical (unpaired) electrons. The molecule has 0 saturated carbocycles. The minimum atomic E-state index is 0.625. The molecule has 0 amide bonds. The summed E-state index contributed by atoms with van der Waals surface area (Å²) in [4.78, 5) is 0. The standard InChI is InChI=1S/C6H15N.C4H3BS/c1-5(2)7-6(3)4;5-4-1-2-6-3-4/h5-7H,1-4H3;1-3H. The lowest BCUT2D eigenvalue weighted by Crippen LogP contribution is -2.29. The fourth-order valence-corrected chi connectivity index (χ4v) is 1.49. The number of rotatable bonds is 2. The smallest absolute Gasteiger partial charge is 0.114 e. The lowest BCUT2D eigenvalue weighted by molar-refractivity contribution is 0.518. The van der Waals surface area contributed by atoms with Gasteiger partial charge in [0, 0.05) is 12.1 Å². The third-order valence-corrected chi connectivity index (χ3v) is 1.91. The van der Waals surface area contributed by atoms with Crippen molar-refractivity contribution in [2.75, 3.05) is 0 Å². The van der Waals surface area contributed by atoms with E-state index in [0.717, 1.165) is 5.46 Å². The van der Waals surface area contributed by atoms with Crippen LogP contribution >= 0.6 is 11.3 Å². The number of nitrogens with one attached hydrogen (secondary N) is 1.